The van der Waals surface area contributed by atoms with Crippen molar-refractivity contribution in [3.63, 3.8) is 0 Å². The fourth-order valence-corrected chi connectivity index (χ4v) is 1.19. The normalized spacial score (nSPS) is 12.9. The lowest BCUT2D eigenvalue weighted by molar-refractivity contribution is -0.135. The molecule has 0 unspecified atom stereocenters. The van der Waals surface area contributed by atoms with E-state index in [0.717, 1.165) is 0 Å². The van der Waals surface area contributed by atoms with Crippen LogP contribution in [-0.4, -0.2) is 31.3 Å². The van der Waals surface area contributed by atoms with Gasteiger partial charge in [-0.25, -0.2) is 0 Å². The zero-order chi connectivity index (χ0) is 13.5. The Kier molecular flexibility index (Phi) is 9.85. The van der Waals surface area contributed by atoms with Gasteiger partial charge in [-0.05, 0) is 33.6 Å². The Morgan fingerprint density at radius 1 is 1.11 bits per heavy atom. The molecule has 0 aromatic carbocycles. The first-order valence-electron chi connectivity index (χ1n) is 5.69. The summed E-state index contributed by atoms with van der Waals surface area (Å²) in [5.74, 6) is 0.615. The minimum atomic E-state index is -4.05. The second-order valence-corrected chi connectivity index (χ2v) is 4.95. The van der Waals surface area contributed by atoms with E-state index < -0.39 is 12.6 Å². The Balaban J connectivity index is 0. The summed E-state index contributed by atoms with van der Waals surface area (Å²) in [5.41, 5.74) is -0.117. The number of nitrogens with one attached hydrogen (secondary N) is 2. The highest BCUT2D eigenvalue weighted by atomic mass is 127. The topological polar surface area (TPSA) is 36.4 Å². The van der Waals surface area contributed by atoms with E-state index in [1.54, 1.807) is 7.05 Å². The second-order valence-electron chi connectivity index (χ2n) is 4.95. The number of rotatable bonds is 4. The number of aliphatic imine (C=N–C) groups is 1. The Hall–Kier alpha value is -0.210. The van der Waals surface area contributed by atoms with Crippen molar-refractivity contribution in [1.82, 2.24) is 10.6 Å². The van der Waals surface area contributed by atoms with Crippen LogP contribution < -0.4 is 10.6 Å². The van der Waals surface area contributed by atoms with Gasteiger partial charge >= 0.3 is 6.18 Å². The average molecular weight is 381 g/mol. The molecular formula is C11H23F3IN3. The Labute approximate surface area is 124 Å². The molecule has 3 nitrogen and oxygen atoms in total. The summed E-state index contributed by atoms with van der Waals surface area (Å²) in [6.07, 6.45) is -4.15. The molecule has 0 aromatic rings. The minimum Gasteiger partial charge on any atom is -0.356 e. The summed E-state index contributed by atoms with van der Waals surface area (Å²) in [4.78, 5) is 3.99. The predicted molar refractivity (Wildman–Crippen MR) is 79.6 cm³/mol. The largest absolute Gasteiger partial charge is 0.389 e. The minimum absolute atomic E-state index is 0. The van der Waals surface area contributed by atoms with Gasteiger partial charge < -0.3 is 10.6 Å². The molecule has 7 heteroatoms. The summed E-state index contributed by atoms with van der Waals surface area (Å²) in [5, 5.41) is 6.11. The average Bonchev–Trinajstić information content (AvgIpc) is 2.11. The van der Waals surface area contributed by atoms with E-state index in [2.05, 4.69) is 15.6 Å². The van der Waals surface area contributed by atoms with E-state index in [-0.39, 0.29) is 35.9 Å². The highest BCUT2D eigenvalue weighted by Crippen LogP contribution is 2.21. The molecule has 2 N–H and O–H groups in total. The summed E-state index contributed by atoms with van der Waals surface area (Å²) < 4.78 is 35.6. The van der Waals surface area contributed by atoms with Gasteiger partial charge in [-0.2, -0.15) is 13.2 Å². The summed E-state index contributed by atoms with van der Waals surface area (Å²) in [6.45, 7) is 6.46. The highest BCUT2D eigenvalue weighted by Gasteiger charge is 2.25. The van der Waals surface area contributed by atoms with Gasteiger partial charge in [0.25, 0.3) is 0 Å². The number of halogens is 4. The van der Waals surface area contributed by atoms with Crippen molar-refractivity contribution in [2.75, 3.05) is 13.6 Å². The molecule has 0 saturated heterocycles. The van der Waals surface area contributed by atoms with Gasteiger partial charge in [0.15, 0.2) is 5.96 Å². The summed E-state index contributed by atoms with van der Waals surface area (Å²) >= 11 is 0. The van der Waals surface area contributed by atoms with Crippen LogP contribution >= 0.6 is 24.0 Å². The van der Waals surface area contributed by atoms with Crippen molar-refractivity contribution >= 4 is 29.9 Å². The van der Waals surface area contributed by atoms with E-state index in [0.29, 0.717) is 18.9 Å². The highest BCUT2D eigenvalue weighted by molar-refractivity contribution is 14.0. The molecule has 0 radical (unpaired) electrons. The molecule has 0 heterocycles. The van der Waals surface area contributed by atoms with Crippen molar-refractivity contribution in [1.29, 1.82) is 0 Å². The van der Waals surface area contributed by atoms with Gasteiger partial charge in [-0.3, -0.25) is 4.99 Å². The van der Waals surface area contributed by atoms with E-state index in [1.807, 2.05) is 20.8 Å². The van der Waals surface area contributed by atoms with Gasteiger partial charge in [-0.15, -0.1) is 24.0 Å². The molecule has 0 spiro atoms. The third kappa shape index (κ3) is 13.9. The van der Waals surface area contributed by atoms with E-state index in [1.165, 1.54) is 0 Å². The Morgan fingerprint density at radius 3 is 2.06 bits per heavy atom. The van der Waals surface area contributed by atoms with Crippen molar-refractivity contribution < 1.29 is 13.2 Å². The third-order valence-corrected chi connectivity index (χ3v) is 1.90. The summed E-state index contributed by atoms with van der Waals surface area (Å²) in [6, 6.07) is 0. The fourth-order valence-electron chi connectivity index (χ4n) is 1.19. The lowest BCUT2D eigenvalue weighted by Crippen LogP contribution is -2.47. The maximum atomic E-state index is 11.9. The van der Waals surface area contributed by atoms with Gasteiger partial charge in [0.05, 0.1) is 0 Å². The summed E-state index contributed by atoms with van der Waals surface area (Å²) in [7, 11) is 1.64. The zero-order valence-corrected chi connectivity index (χ0v) is 13.6. The number of nitrogens with zero attached hydrogens (tertiary/aromatic N) is 1. The van der Waals surface area contributed by atoms with Crippen LogP contribution in [0.5, 0.6) is 0 Å². The van der Waals surface area contributed by atoms with E-state index >= 15 is 0 Å². The van der Waals surface area contributed by atoms with Crippen LogP contribution in [0, 0.1) is 0 Å². The molecule has 0 atom stereocenters. The van der Waals surface area contributed by atoms with Crippen LogP contribution in [0.1, 0.15) is 40.0 Å². The zero-order valence-electron chi connectivity index (χ0n) is 11.3. The van der Waals surface area contributed by atoms with Crippen molar-refractivity contribution in [2.45, 2.75) is 51.7 Å². The van der Waals surface area contributed by atoms with Crippen LogP contribution in [0.15, 0.2) is 4.99 Å². The van der Waals surface area contributed by atoms with Crippen LogP contribution in [-0.2, 0) is 0 Å². The number of alkyl halides is 3. The standard InChI is InChI=1S/C11H22F3N3.HI/c1-10(2,3)17-9(15-4)16-8-6-5-7-11(12,13)14;/h5-8H2,1-4H3,(H2,15,16,17);1H. The molecule has 110 valence electrons. The molecule has 0 saturated carbocycles. The van der Waals surface area contributed by atoms with Gasteiger partial charge in [0, 0.05) is 25.6 Å². The fraction of sp³-hybridized carbons (Fsp3) is 0.909. The van der Waals surface area contributed by atoms with Gasteiger partial charge in [0.2, 0.25) is 0 Å². The van der Waals surface area contributed by atoms with Crippen LogP contribution in [0.25, 0.3) is 0 Å². The maximum Gasteiger partial charge on any atom is 0.389 e. The van der Waals surface area contributed by atoms with E-state index in [4.69, 9.17) is 0 Å². The number of unbranched alkanes of at least 4 members (excludes halogenated alkanes) is 1. The number of guanidine groups is 1. The van der Waals surface area contributed by atoms with Crippen LogP contribution in [0.3, 0.4) is 0 Å². The molecule has 0 bridgehead atoms. The molecule has 0 aromatic heterocycles. The van der Waals surface area contributed by atoms with Crippen LogP contribution in [0.4, 0.5) is 13.2 Å². The van der Waals surface area contributed by atoms with E-state index in [9.17, 15) is 13.2 Å². The van der Waals surface area contributed by atoms with Crippen molar-refractivity contribution in [2.24, 2.45) is 4.99 Å². The molecule has 18 heavy (non-hydrogen) atoms. The molecule has 0 fully saturated rings. The Bertz CT molecular complexity index is 247. The first-order chi connectivity index (χ1) is 7.64. The predicted octanol–water partition coefficient (Wildman–Crippen LogP) is 3.30. The van der Waals surface area contributed by atoms with Gasteiger partial charge in [-0.1, -0.05) is 0 Å². The quantitative estimate of drug-likeness (QED) is 0.339. The molecular weight excluding hydrogens is 358 g/mol. The van der Waals surface area contributed by atoms with Crippen molar-refractivity contribution in [3.8, 4) is 0 Å². The molecule has 0 rings (SSSR count). The molecule has 0 aliphatic rings. The smallest absolute Gasteiger partial charge is 0.356 e. The third-order valence-electron chi connectivity index (χ3n) is 1.90. The molecule has 0 amide bonds. The molecule has 0 aliphatic carbocycles. The Morgan fingerprint density at radius 2 is 1.67 bits per heavy atom. The lowest BCUT2D eigenvalue weighted by Gasteiger charge is -2.23. The van der Waals surface area contributed by atoms with Crippen LogP contribution in [0.2, 0.25) is 0 Å². The SMILES string of the molecule is CN=C(NCCCCC(F)(F)F)NC(C)(C)C.I. The maximum absolute atomic E-state index is 11.9. The number of hydrogen-bond acceptors (Lipinski definition) is 1. The lowest BCUT2D eigenvalue weighted by atomic mass is 10.1. The molecule has 0 aliphatic heterocycles. The monoisotopic (exact) mass is 381 g/mol. The second kappa shape index (κ2) is 8.82. The first kappa shape index (κ1) is 20.1. The number of hydrogen-bond donors (Lipinski definition) is 2. The first-order valence-corrected chi connectivity index (χ1v) is 5.69. The van der Waals surface area contributed by atoms with Gasteiger partial charge in [0.1, 0.15) is 0 Å². The van der Waals surface area contributed by atoms with Crippen molar-refractivity contribution in [3.05, 3.63) is 0 Å².